The molecule has 1 heterocycles. The van der Waals surface area contributed by atoms with E-state index in [4.69, 9.17) is 23.2 Å². The molecule has 17 heavy (non-hydrogen) atoms. The molecule has 88 valence electrons. The fraction of sp³-hybridized carbons (Fsp3) is 0.0909. The molecule has 6 heteroatoms. The second-order valence-corrected chi connectivity index (χ2v) is 5.33. The van der Waals surface area contributed by atoms with Crippen LogP contribution in [0.2, 0.25) is 10.0 Å². The van der Waals surface area contributed by atoms with Crippen molar-refractivity contribution in [3.05, 3.63) is 60.3 Å². The fourth-order valence-electron chi connectivity index (χ4n) is 1.39. The van der Waals surface area contributed by atoms with Gasteiger partial charge in [0.1, 0.15) is 0 Å². The molecule has 0 aliphatic carbocycles. The van der Waals surface area contributed by atoms with Crippen molar-refractivity contribution in [2.75, 3.05) is 0 Å². The monoisotopic (exact) mass is 380 g/mol. The predicted molar refractivity (Wildman–Crippen MR) is 76.8 cm³/mol. The zero-order valence-corrected chi connectivity index (χ0v) is 12.2. The molecule has 3 nitrogen and oxygen atoms in total. The number of hydrogen-bond acceptors (Lipinski definition) is 2. The van der Waals surface area contributed by atoms with Gasteiger partial charge in [0.25, 0.3) is 5.56 Å². The van der Waals surface area contributed by atoms with Gasteiger partial charge in [-0.3, -0.25) is 9.36 Å². The Hall–Kier alpha value is -0.590. The van der Waals surface area contributed by atoms with E-state index in [-0.39, 0.29) is 5.56 Å². The number of halogens is 3. The second-order valence-electron chi connectivity index (χ2n) is 3.39. The molecule has 0 aliphatic heterocycles. The van der Waals surface area contributed by atoms with Crippen molar-refractivity contribution in [3.8, 4) is 0 Å². The summed E-state index contributed by atoms with van der Waals surface area (Å²) in [5, 5.41) is 0.954. The molecule has 0 radical (unpaired) electrons. The van der Waals surface area contributed by atoms with Gasteiger partial charge < -0.3 is 0 Å². The Morgan fingerprint density at radius 3 is 2.88 bits per heavy atom. The van der Waals surface area contributed by atoms with E-state index < -0.39 is 0 Å². The first-order chi connectivity index (χ1) is 8.09. The lowest BCUT2D eigenvalue weighted by atomic mass is 10.2. The van der Waals surface area contributed by atoms with Gasteiger partial charge in [-0.15, -0.1) is 0 Å². The van der Waals surface area contributed by atoms with E-state index >= 15 is 0 Å². The molecular weight excluding hydrogens is 374 g/mol. The first kappa shape index (κ1) is 12.9. The Morgan fingerprint density at radius 2 is 2.12 bits per heavy atom. The van der Waals surface area contributed by atoms with Crippen molar-refractivity contribution in [2.45, 2.75) is 6.54 Å². The Labute approximate surface area is 122 Å². The fourth-order valence-corrected chi connectivity index (χ4v) is 2.24. The highest BCUT2D eigenvalue weighted by Gasteiger charge is 2.07. The molecule has 0 N–H and O–H groups in total. The Bertz CT molecular complexity index is 613. The minimum absolute atomic E-state index is 0.0864. The van der Waals surface area contributed by atoms with Crippen LogP contribution >= 0.6 is 45.8 Å². The molecule has 0 bridgehead atoms. The van der Waals surface area contributed by atoms with Crippen LogP contribution < -0.4 is 5.56 Å². The summed E-state index contributed by atoms with van der Waals surface area (Å²) in [4.78, 5) is 15.8. The van der Waals surface area contributed by atoms with Gasteiger partial charge in [-0.2, -0.15) is 0 Å². The first-order valence-corrected chi connectivity index (χ1v) is 6.56. The Kier molecular flexibility index (Phi) is 4.06. The van der Waals surface area contributed by atoms with Crippen molar-refractivity contribution in [3.63, 3.8) is 0 Å². The highest BCUT2D eigenvalue weighted by Crippen LogP contribution is 2.25. The maximum Gasteiger partial charge on any atom is 0.267 e. The molecule has 0 saturated heterocycles. The highest BCUT2D eigenvalue weighted by atomic mass is 127. The van der Waals surface area contributed by atoms with E-state index in [1.54, 1.807) is 12.1 Å². The minimum Gasteiger partial charge on any atom is -0.294 e. The Morgan fingerprint density at radius 1 is 1.35 bits per heavy atom. The van der Waals surface area contributed by atoms with Crippen LogP contribution in [-0.4, -0.2) is 9.55 Å². The topological polar surface area (TPSA) is 34.9 Å². The molecule has 0 atom stereocenters. The third kappa shape index (κ3) is 2.81. The highest BCUT2D eigenvalue weighted by molar-refractivity contribution is 14.1. The lowest BCUT2D eigenvalue weighted by molar-refractivity contribution is 0.730. The largest absolute Gasteiger partial charge is 0.294 e. The van der Waals surface area contributed by atoms with Crippen LogP contribution in [0.3, 0.4) is 0 Å². The summed E-state index contributed by atoms with van der Waals surface area (Å²) in [6.07, 6.45) is 3.01. The van der Waals surface area contributed by atoms with Gasteiger partial charge in [0, 0.05) is 6.20 Å². The molecular formula is C11H7Cl2IN2O. The van der Waals surface area contributed by atoms with Gasteiger partial charge in [0.15, 0.2) is 0 Å². The number of hydrogen-bond donors (Lipinski definition) is 0. The van der Waals surface area contributed by atoms with Gasteiger partial charge in [-0.25, -0.2) is 4.98 Å². The zero-order valence-electron chi connectivity index (χ0n) is 8.53. The number of nitrogens with zero attached hydrogens (tertiary/aromatic N) is 2. The molecule has 2 aromatic rings. The van der Waals surface area contributed by atoms with Crippen molar-refractivity contribution in [1.29, 1.82) is 0 Å². The molecule has 0 spiro atoms. The first-order valence-electron chi connectivity index (χ1n) is 4.72. The van der Waals surface area contributed by atoms with Crippen LogP contribution in [0.4, 0.5) is 0 Å². The van der Waals surface area contributed by atoms with Crippen LogP contribution in [0.25, 0.3) is 0 Å². The van der Waals surface area contributed by atoms with E-state index in [1.807, 2.05) is 28.7 Å². The SMILES string of the molecule is O=c1c(I)cncn1Cc1cccc(Cl)c1Cl. The van der Waals surface area contributed by atoms with Gasteiger partial charge >= 0.3 is 0 Å². The van der Waals surface area contributed by atoms with Gasteiger partial charge in [-0.05, 0) is 34.2 Å². The standard InChI is InChI=1S/C11H7Cl2IN2O/c12-8-3-1-2-7(10(8)13)5-16-6-15-4-9(14)11(16)17/h1-4,6H,5H2. The van der Waals surface area contributed by atoms with Crippen molar-refractivity contribution in [1.82, 2.24) is 9.55 Å². The van der Waals surface area contributed by atoms with E-state index in [0.29, 0.717) is 20.2 Å². The average molecular weight is 381 g/mol. The van der Waals surface area contributed by atoms with Gasteiger partial charge in [0.2, 0.25) is 0 Å². The van der Waals surface area contributed by atoms with Crippen LogP contribution in [0, 0.1) is 3.57 Å². The quantitative estimate of drug-likeness (QED) is 0.750. The lowest BCUT2D eigenvalue weighted by Gasteiger charge is -2.08. The van der Waals surface area contributed by atoms with E-state index in [1.165, 1.54) is 17.1 Å². The zero-order chi connectivity index (χ0) is 12.4. The molecule has 0 aliphatic rings. The number of aromatic nitrogens is 2. The van der Waals surface area contributed by atoms with Crippen molar-refractivity contribution < 1.29 is 0 Å². The maximum absolute atomic E-state index is 11.8. The smallest absolute Gasteiger partial charge is 0.267 e. The lowest BCUT2D eigenvalue weighted by Crippen LogP contribution is -2.23. The minimum atomic E-state index is -0.0864. The molecule has 0 amide bonds. The summed E-state index contributed by atoms with van der Waals surface area (Å²) in [6, 6.07) is 5.35. The van der Waals surface area contributed by atoms with Crippen molar-refractivity contribution in [2.24, 2.45) is 0 Å². The van der Waals surface area contributed by atoms with E-state index in [9.17, 15) is 4.79 Å². The summed E-state index contributed by atoms with van der Waals surface area (Å²) < 4.78 is 2.07. The van der Waals surface area contributed by atoms with Crippen LogP contribution in [-0.2, 0) is 6.54 Å². The summed E-state index contributed by atoms with van der Waals surface area (Å²) in [5.74, 6) is 0. The molecule has 1 aromatic carbocycles. The van der Waals surface area contributed by atoms with Crippen molar-refractivity contribution >= 4 is 45.8 Å². The predicted octanol–water partition coefficient (Wildman–Crippen LogP) is 3.20. The third-order valence-corrected chi connectivity index (χ3v) is 3.83. The molecule has 0 saturated carbocycles. The van der Waals surface area contributed by atoms with E-state index in [2.05, 4.69) is 4.98 Å². The molecule has 1 aromatic heterocycles. The van der Waals surface area contributed by atoms with Crippen LogP contribution in [0.1, 0.15) is 5.56 Å². The van der Waals surface area contributed by atoms with Crippen LogP contribution in [0.15, 0.2) is 35.5 Å². The summed E-state index contributed by atoms with van der Waals surface area (Å²) in [5.41, 5.74) is 0.710. The normalized spacial score (nSPS) is 10.5. The van der Waals surface area contributed by atoms with Gasteiger partial charge in [-0.1, -0.05) is 35.3 Å². The second kappa shape index (κ2) is 5.37. The third-order valence-electron chi connectivity index (χ3n) is 2.23. The van der Waals surface area contributed by atoms with E-state index in [0.717, 1.165) is 5.56 Å². The average Bonchev–Trinajstić information content (AvgIpc) is 2.31. The summed E-state index contributed by atoms with van der Waals surface area (Å²) in [6.45, 7) is 0.363. The van der Waals surface area contributed by atoms with Gasteiger partial charge in [0.05, 0.1) is 26.5 Å². The molecule has 2 rings (SSSR count). The number of rotatable bonds is 2. The number of benzene rings is 1. The molecule has 0 unspecified atom stereocenters. The maximum atomic E-state index is 11.8. The molecule has 0 fully saturated rings. The Balaban J connectivity index is 2.42. The van der Waals surface area contributed by atoms with Crippen LogP contribution in [0.5, 0.6) is 0 Å². The summed E-state index contributed by atoms with van der Waals surface area (Å²) >= 11 is 13.9. The summed E-state index contributed by atoms with van der Waals surface area (Å²) in [7, 11) is 0.